The Morgan fingerprint density at radius 3 is 1.45 bits per heavy atom. The van der Waals surface area contributed by atoms with E-state index in [2.05, 4.69) is 116 Å². The molecule has 0 saturated carbocycles. The molecule has 0 amide bonds. The molecule has 0 bridgehead atoms. The summed E-state index contributed by atoms with van der Waals surface area (Å²) in [6.07, 6.45) is 1.59. The first-order valence-corrected chi connectivity index (χ1v) is 11.1. The van der Waals surface area contributed by atoms with E-state index in [1.165, 1.54) is 22.3 Å². The second-order valence-electron chi connectivity index (χ2n) is 7.74. The van der Waals surface area contributed by atoms with Gasteiger partial charge in [0.15, 0.2) is 0 Å². The monoisotopic (exact) mass is 432 g/mol. The van der Waals surface area contributed by atoms with Crippen molar-refractivity contribution in [3.63, 3.8) is 0 Å². The molecule has 4 aromatic carbocycles. The zero-order valence-electron chi connectivity index (χ0n) is 18.7. The van der Waals surface area contributed by atoms with Crippen LogP contribution in [0.5, 0.6) is 5.75 Å². The van der Waals surface area contributed by atoms with Crippen molar-refractivity contribution in [1.29, 1.82) is 0 Å². The predicted molar refractivity (Wildman–Crippen MR) is 136 cm³/mol. The van der Waals surface area contributed by atoms with E-state index in [1.807, 2.05) is 12.1 Å². The normalized spacial score (nSPS) is 10.9. The van der Waals surface area contributed by atoms with Crippen LogP contribution in [0, 0.1) is 0 Å². The van der Waals surface area contributed by atoms with Gasteiger partial charge in [-0.1, -0.05) is 116 Å². The molecule has 0 unspecified atom stereocenters. The Labute approximate surface area is 196 Å². The number of ether oxygens (including phenoxy) is 2. The van der Waals surface area contributed by atoms with Crippen LogP contribution in [-0.4, -0.2) is 13.2 Å². The molecule has 2 heteroatoms. The van der Waals surface area contributed by atoms with Gasteiger partial charge in [-0.2, -0.15) is 0 Å². The fraction of sp³-hybridized carbons (Fsp3) is 0.0968. The highest BCUT2D eigenvalue weighted by Crippen LogP contribution is 2.45. The molecule has 0 spiro atoms. The Bertz CT molecular complexity index is 1070. The molecule has 4 aromatic rings. The van der Waals surface area contributed by atoms with E-state index in [0.29, 0.717) is 19.0 Å². The van der Waals surface area contributed by atoms with Crippen LogP contribution in [-0.2, 0) is 10.2 Å². The van der Waals surface area contributed by atoms with Crippen molar-refractivity contribution < 1.29 is 9.47 Å². The smallest absolute Gasteiger partial charge is 0.122 e. The minimum Gasteiger partial charge on any atom is -0.491 e. The van der Waals surface area contributed by atoms with Crippen LogP contribution < -0.4 is 4.74 Å². The minimum atomic E-state index is -0.451. The highest BCUT2D eigenvalue weighted by atomic mass is 16.5. The fourth-order valence-corrected chi connectivity index (χ4v) is 4.26. The lowest BCUT2D eigenvalue weighted by Gasteiger charge is -2.36. The Hall–Kier alpha value is -4.04. The lowest BCUT2D eigenvalue weighted by molar-refractivity contribution is 0.165. The summed E-state index contributed by atoms with van der Waals surface area (Å²) < 4.78 is 11.3. The van der Waals surface area contributed by atoms with Gasteiger partial charge in [-0.05, 0) is 40.5 Å². The first-order chi connectivity index (χ1) is 16.2. The number of benzene rings is 4. The maximum absolute atomic E-state index is 5.89. The molecule has 0 radical (unpaired) electrons. The van der Waals surface area contributed by atoms with Crippen LogP contribution in [0.15, 0.2) is 140 Å². The topological polar surface area (TPSA) is 18.5 Å². The van der Waals surface area contributed by atoms with Crippen molar-refractivity contribution >= 4 is 0 Å². The summed E-state index contributed by atoms with van der Waals surface area (Å²) in [6, 6.07) is 40.4. The van der Waals surface area contributed by atoms with Gasteiger partial charge in [0, 0.05) is 0 Å². The number of allylic oxidation sites excluding steroid dienone is 1. The summed E-state index contributed by atoms with van der Waals surface area (Å²) in [7, 11) is 0. The standard InChI is InChI=1S/C31H28O2/c1-3-25(2)32-23-24-33-30-21-19-29(20-22-30)31(26-13-7-4-8-14-26,27-15-9-5-10-16-27)28-17-11-6-12-18-28/h3-22H,1-2,23-24H2. The molecule has 0 heterocycles. The Morgan fingerprint density at radius 1 is 0.606 bits per heavy atom. The van der Waals surface area contributed by atoms with Crippen molar-refractivity contribution in [3.8, 4) is 5.75 Å². The molecule has 2 nitrogen and oxygen atoms in total. The molecular weight excluding hydrogens is 404 g/mol. The summed E-state index contributed by atoms with van der Waals surface area (Å²) in [5.74, 6) is 1.35. The average Bonchev–Trinajstić information content (AvgIpc) is 2.89. The third kappa shape index (κ3) is 4.75. The molecular formula is C31H28O2. The highest BCUT2D eigenvalue weighted by molar-refractivity contribution is 5.60. The van der Waals surface area contributed by atoms with Crippen molar-refractivity contribution in [3.05, 3.63) is 163 Å². The van der Waals surface area contributed by atoms with Crippen LogP contribution in [0.2, 0.25) is 0 Å². The number of hydrogen-bond donors (Lipinski definition) is 0. The molecule has 0 atom stereocenters. The van der Waals surface area contributed by atoms with Gasteiger partial charge in [0.2, 0.25) is 0 Å². The zero-order valence-corrected chi connectivity index (χ0v) is 18.7. The van der Waals surface area contributed by atoms with Gasteiger partial charge < -0.3 is 9.47 Å². The van der Waals surface area contributed by atoms with Crippen molar-refractivity contribution in [2.24, 2.45) is 0 Å². The van der Waals surface area contributed by atoms with Gasteiger partial charge >= 0.3 is 0 Å². The zero-order chi connectivity index (χ0) is 22.9. The van der Waals surface area contributed by atoms with Crippen LogP contribution in [0.4, 0.5) is 0 Å². The van der Waals surface area contributed by atoms with Crippen LogP contribution >= 0.6 is 0 Å². The Balaban J connectivity index is 1.76. The van der Waals surface area contributed by atoms with Crippen LogP contribution in [0.25, 0.3) is 0 Å². The lowest BCUT2D eigenvalue weighted by Crippen LogP contribution is -2.30. The maximum Gasteiger partial charge on any atom is 0.122 e. The minimum absolute atomic E-state index is 0.425. The Morgan fingerprint density at radius 2 is 1.03 bits per heavy atom. The van der Waals surface area contributed by atoms with Crippen molar-refractivity contribution in [1.82, 2.24) is 0 Å². The molecule has 0 aliphatic carbocycles. The molecule has 0 aliphatic rings. The molecule has 4 rings (SSSR count). The molecule has 0 fully saturated rings. The predicted octanol–water partition coefficient (Wildman–Crippen LogP) is 7.16. The van der Waals surface area contributed by atoms with Gasteiger partial charge in [-0.3, -0.25) is 0 Å². The van der Waals surface area contributed by atoms with E-state index in [0.717, 1.165) is 5.75 Å². The van der Waals surface area contributed by atoms with Crippen LogP contribution in [0.1, 0.15) is 22.3 Å². The Kier molecular flexibility index (Phi) is 7.06. The lowest BCUT2D eigenvalue weighted by atomic mass is 9.65. The fourth-order valence-electron chi connectivity index (χ4n) is 4.26. The first kappa shape index (κ1) is 22.2. The van der Waals surface area contributed by atoms with Gasteiger partial charge in [-0.25, -0.2) is 0 Å². The van der Waals surface area contributed by atoms with Crippen LogP contribution in [0.3, 0.4) is 0 Å². The second-order valence-corrected chi connectivity index (χ2v) is 7.74. The summed E-state index contributed by atoms with van der Waals surface area (Å²) in [6.45, 7) is 8.25. The van der Waals surface area contributed by atoms with E-state index in [1.54, 1.807) is 6.08 Å². The number of rotatable bonds is 10. The van der Waals surface area contributed by atoms with Crippen molar-refractivity contribution in [2.45, 2.75) is 5.41 Å². The largest absolute Gasteiger partial charge is 0.491 e. The van der Waals surface area contributed by atoms with E-state index in [4.69, 9.17) is 9.47 Å². The quantitative estimate of drug-likeness (QED) is 0.114. The summed E-state index contributed by atoms with van der Waals surface area (Å²) >= 11 is 0. The van der Waals surface area contributed by atoms with Gasteiger partial charge in [0.25, 0.3) is 0 Å². The van der Waals surface area contributed by atoms with E-state index < -0.39 is 5.41 Å². The summed E-state index contributed by atoms with van der Waals surface area (Å²) in [5, 5.41) is 0. The van der Waals surface area contributed by atoms with E-state index in [-0.39, 0.29) is 0 Å². The molecule has 0 aliphatic heterocycles. The van der Waals surface area contributed by atoms with Gasteiger partial charge in [0.05, 0.1) is 5.41 Å². The van der Waals surface area contributed by atoms with Crippen molar-refractivity contribution in [2.75, 3.05) is 13.2 Å². The highest BCUT2D eigenvalue weighted by Gasteiger charge is 2.38. The molecule has 164 valence electrons. The van der Waals surface area contributed by atoms with E-state index >= 15 is 0 Å². The molecule has 0 aromatic heterocycles. The third-order valence-corrected chi connectivity index (χ3v) is 5.77. The summed E-state index contributed by atoms with van der Waals surface area (Å²) in [4.78, 5) is 0. The summed E-state index contributed by atoms with van der Waals surface area (Å²) in [5.41, 5.74) is 4.37. The molecule has 0 saturated heterocycles. The van der Waals surface area contributed by atoms with Gasteiger partial charge in [0.1, 0.15) is 24.7 Å². The third-order valence-electron chi connectivity index (χ3n) is 5.77. The SMILES string of the molecule is C=CC(=C)OCCOc1ccc(C(c2ccccc2)(c2ccccc2)c2ccccc2)cc1. The van der Waals surface area contributed by atoms with Gasteiger partial charge in [-0.15, -0.1) is 0 Å². The van der Waals surface area contributed by atoms with E-state index in [9.17, 15) is 0 Å². The molecule has 33 heavy (non-hydrogen) atoms. The first-order valence-electron chi connectivity index (χ1n) is 11.1. The number of hydrogen-bond acceptors (Lipinski definition) is 2. The second kappa shape index (κ2) is 10.5. The molecule has 0 N–H and O–H groups in total. The maximum atomic E-state index is 5.89. The average molecular weight is 433 g/mol.